The lowest BCUT2D eigenvalue weighted by Crippen LogP contribution is -2.43. The highest BCUT2D eigenvalue weighted by Gasteiger charge is 2.24. The number of esters is 1. The molecule has 0 radical (unpaired) electrons. The van der Waals surface area contributed by atoms with Gasteiger partial charge in [-0.1, -0.05) is 13.8 Å². The Bertz CT molecular complexity index is 837. The van der Waals surface area contributed by atoms with Crippen molar-refractivity contribution in [3.63, 3.8) is 0 Å². The number of nitrogens with zero attached hydrogens (tertiary/aromatic N) is 5. The number of pyridine rings is 1. The van der Waals surface area contributed by atoms with Crippen molar-refractivity contribution < 1.29 is 14.3 Å². The zero-order chi connectivity index (χ0) is 20.3. The lowest BCUT2D eigenvalue weighted by atomic mass is 10.1. The third kappa shape index (κ3) is 4.86. The summed E-state index contributed by atoms with van der Waals surface area (Å²) in [6.45, 7) is 6.94. The Morgan fingerprint density at radius 3 is 2.61 bits per heavy atom. The Balaban J connectivity index is 1.56. The number of amides is 1. The summed E-state index contributed by atoms with van der Waals surface area (Å²) in [5.41, 5.74) is 1.23. The van der Waals surface area contributed by atoms with Crippen LogP contribution in [0.1, 0.15) is 37.0 Å². The number of ether oxygens (including phenoxy) is 1. The van der Waals surface area contributed by atoms with Crippen molar-refractivity contribution in [1.82, 2.24) is 24.6 Å². The Morgan fingerprint density at radius 2 is 1.96 bits per heavy atom. The molecule has 3 rings (SSSR count). The quantitative estimate of drug-likeness (QED) is 0.703. The van der Waals surface area contributed by atoms with Crippen molar-refractivity contribution in [3.05, 3.63) is 24.0 Å². The van der Waals surface area contributed by atoms with E-state index in [0.717, 1.165) is 43.5 Å². The largest absolute Gasteiger partial charge is 0.459 e. The highest BCUT2D eigenvalue weighted by atomic mass is 16.5. The maximum absolute atomic E-state index is 12.5. The first-order chi connectivity index (χ1) is 13.3. The van der Waals surface area contributed by atoms with Crippen molar-refractivity contribution >= 4 is 22.9 Å². The van der Waals surface area contributed by atoms with E-state index in [1.54, 1.807) is 37.5 Å². The van der Waals surface area contributed by atoms with Gasteiger partial charge in [0.05, 0.1) is 18.3 Å². The molecule has 0 unspecified atom stereocenters. The summed E-state index contributed by atoms with van der Waals surface area (Å²) < 4.78 is 7.53. The molecule has 0 N–H and O–H groups in total. The second kappa shape index (κ2) is 8.68. The molecule has 1 fully saturated rings. The summed E-state index contributed by atoms with van der Waals surface area (Å²) in [5.74, 6) is 0.204. The lowest BCUT2D eigenvalue weighted by molar-refractivity contribution is -0.130. The number of likely N-dealkylation sites (N-methyl/N-ethyl adjacent to an activating group) is 1. The van der Waals surface area contributed by atoms with Crippen LogP contribution in [0.3, 0.4) is 0 Å². The first-order valence-electron chi connectivity index (χ1n) is 9.78. The zero-order valence-corrected chi connectivity index (χ0v) is 17.1. The van der Waals surface area contributed by atoms with E-state index in [0.29, 0.717) is 18.0 Å². The van der Waals surface area contributed by atoms with Crippen LogP contribution in [0, 0.1) is 5.92 Å². The summed E-state index contributed by atoms with van der Waals surface area (Å²) in [7, 11) is 3.52. The van der Waals surface area contributed by atoms with Gasteiger partial charge in [0.1, 0.15) is 6.10 Å². The van der Waals surface area contributed by atoms with E-state index in [9.17, 15) is 9.59 Å². The topological polar surface area (TPSA) is 80.6 Å². The third-order valence-corrected chi connectivity index (χ3v) is 4.92. The fourth-order valence-electron chi connectivity index (χ4n) is 3.30. The standard InChI is InChI=1S/C20H29N5O3/c1-14(2)12-25-19-15(11-22-25)9-16(10-21-19)20(27)28-17-5-7-24(8-6-17)13-18(26)23(3)4/h9-11,14,17H,5-8,12-13H2,1-4H3. The number of aromatic nitrogens is 3. The van der Waals surface area contributed by atoms with E-state index in [1.165, 1.54) is 0 Å². The van der Waals surface area contributed by atoms with Crippen LogP contribution in [-0.4, -0.2) is 76.3 Å². The molecule has 8 nitrogen and oxygen atoms in total. The molecule has 1 aliphatic rings. The van der Waals surface area contributed by atoms with Gasteiger partial charge in [-0.2, -0.15) is 5.10 Å². The second-order valence-corrected chi connectivity index (χ2v) is 8.03. The van der Waals surface area contributed by atoms with Crippen LogP contribution in [0.2, 0.25) is 0 Å². The normalized spacial score (nSPS) is 15.9. The van der Waals surface area contributed by atoms with Crippen LogP contribution in [0.5, 0.6) is 0 Å². The molecule has 8 heteroatoms. The van der Waals surface area contributed by atoms with Crippen LogP contribution < -0.4 is 0 Å². The van der Waals surface area contributed by atoms with Gasteiger partial charge >= 0.3 is 5.97 Å². The predicted molar refractivity (Wildman–Crippen MR) is 106 cm³/mol. The van der Waals surface area contributed by atoms with Crippen molar-refractivity contribution in [3.8, 4) is 0 Å². The summed E-state index contributed by atoms with van der Waals surface area (Å²) >= 11 is 0. The Morgan fingerprint density at radius 1 is 1.25 bits per heavy atom. The van der Waals surface area contributed by atoms with E-state index < -0.39 is 0 Å². The minimum Gasteiger partial charge on any atom is -0.459 e. The molecule has 2 aromatic rings. The second-order valence-electron chi connectivity index (χ2n) is 8.03. The molecule has 3 heterocycles. The fourth-order valence-corrected chi connectivity index (χ4v) is 3.30. The number of likely N-dealkylation sites (tertiary alicyclic amines) is 1. The van der Waals surface area contributed by atoms with Crippen LogP contribution in [0.15, 0.2) is 18.5 Å². The maximum Gasteiger partial charge on any atom is 0.340 e. The molecule has 0 atom stereocenters. The molecule has 0 saturated carbocycles. The number of rotatable bonds is 6. The Labute approximate surface area is 165 Å². The molecule has 0 aliphatic carbocycles. The van der Waals surface area contributed by atoms with Crippen LogP contribution in [0.25, 0.3) is 11.0 Å². The van der Waals surface area contributed by atoms with E-state index >= 15 is 0 Å². The number of carbonyl (C=O) groups excluding carboxylic acids is 2. The number of hydrogen-bond donors (Lipinski definition) is 0. The first-order valence-corrected chi connectivity index (χ1v) is 9.78. The Kier molecular flexibility index (Phi) is 6.28. The highest BCUT2D eigenvalue weighted by Crippen LogP contribution is 2.18. The molecule has 0 bridgehead atoms. The van der Waals surface area contributed by atoms with Gasteiger partial charge in [-0.3, -0.25) is 9.69 Å². The predicted octanol–water partition coefficient (Wildman–Crippen LogP) is 1.80. The van der Waals surface area contributed by atoms with Crippen LogP contribution >= 0.6 is 0 Å². The Hall–Kier alpha value is -2.48. The molecule has 0 spiro atoms. The minimum atomic E-state index is -0.353. The van der Waals surface area contributed by atoms with E-state index in [4.69, 9.17) is 4.74 Å². The first kappa shape index (κ1) is 20.3. The third-order valence-electron chi connectivity index (χ3n) is 4.92. The molecule has 0 aromatic carbocycles. The van der Waals surface area contributed by atoms with Gasteiger partial charge in [-0.05, 0) is 24.8 Å². The van der Waals surface area contributed by atoms with E-state index in [-0.39, 0.29) is 18.0 Å². The van der Waals surface area contributed by atoms with Crippen molar-refractivity contribution in [2.75, 3.05) is 33.7 Å². The molecule has 1 amide bonds. The van der Waals surface area contributed by atoms with Gasteiger partial charge in [-0.25, -0.2) is 14.5 Å². The molecular weight excluding hydrogens is 358 g/mol. The smallest absolute Gasteiger partial charge is 0.340 e. The van der Waals surface area contributed by atoms with Crippen LogP contribution in [-0.2, 0) is 16.1 Å². The molecule has 2 aromatic heterocycles. The summed E-state index contributed by atoms with van der Waals surface area (Å²) in [4.78, 5) is 32.4. The maximum atomic E-state index is 12.5. The van der Waals surface area contributed by atoms with Crippen LogP contribution in [0.4, 0.5) is 0 Å². The monoisotopic (exact) mass is 387 g/mol. The highest BCUT2D eigenvalue weighted by molar-refractivity contribution is 5.93. The molecule has 1 aliphatic heterocycles. The zero-order valence-electron chi connectivity index (χ0n) is 17.1. The molecule has 1 saturated heterocycles. The summed E-state index contributed by atoms with van der Waals surface area (Å²) in [5, 5.41) is 5.20. The van der Waals surface area contributed by atoms with Crippen molar-refractivity contribution in [2.24, 2.45) is 5.92 Å². The van der Waals surface area contributed by atoms with Gasteiger partial charge in [0.15, 0.2) is 5.65 Å². The van der Waals surface area contributed by atoms with Gasteiger partial charge < -0.3 is 9.64 Å². The molecular formula is C20H29N5O3. The summed E-state index contributed by atoms with van der Waals surface area (Å²) in [6.07, 6.45) is 4.64. The lowest BCUT2D eigenvalue weighted by Gasteiger charge is -2.31. The number of piperidine rings is 1. The van der Waals surface area contributed by atoms with Gasteiger partial charge in [0.2, 0.25) is 5.91 Å². The van der Waals surface area contributed by atoms with Crippen molar-refractivity contribution in [1.29, 1.82) is 0 Å². The van der Waals surface area contributed by atoms with Gasteiger partial charge in [-0.15, -0.1) is 0 Å². The van der Waals surface area contributed by atoms with Gasteiger partial charge in [0, 0.05) is 45.3 Å². The minimum absolute atomic E-state index is 0.0906. The van der Waals surface area contributed by atoms with E-state index in [2.05, 4.69) is 28.8 Å². The number of carbonyl (C=O) groups is 2. The van der Waals surface area contributed by atoms with E-state index in [1.807, 2.05) is 4.68 Å². The average molecular weight is 387 g/mol. The average Bonchev–Trinajstić information content (AvgIpc) is 3.04. The number of hydrogen-bond acceptors (Lipinski definition) is 6. The number of fused-ring (bicyclic) bond motifs is 1. The van der Waals surface area contributed by atoms with Gasteiger partial charge in [0.25, 0.3) is 0 Å². The molecule has 28 heavy (non-hydrogen) atoms. The fraction of sp³-hybridized carbons (Fsp3) is 0.600. The van der Waals surface area contributed by atoms with Crippen molar-refractivity contribution in [2.45, 2.75) is 39.3 Å². The molecule has 152 valence electrons. The summed E-state index contributed by atoms with van der Waals surface area (Å²) in [6, 6.07) is 1.79. The SMILES string of the molecule is CC(C)Cn1ncc2cc(C(=O)OC3CCN(CC(=O)N(C)C)CC3)cnc21.